The topological polar surface area (TPSA) is 127 Å². The number of piperidine rings is 1. The van der Waals surface area contributed by atoms with E-state index in [-0.39, 0.29) is 43.3 Å². The monoisotopic (exact) mass is 596 g/mol. The molecule has 43 heavy (non-hydrogen) atoms. The first kappa shape index (κ1) is 33.2. The van der Waals surface area contributed by atoms with Crippen LogP contribution in [0.15, 0.2) is 42.5 Å². The molecule has 11 heteroatoms. The lowest BCUT2D eigenvalue weighted by Gasteiger charge is -2.35. The second kappa shape index (κ2) is 15.3. The van der Waals surface area contributed by atoms with Crippen molar-refractivity contribution in [2.75, 3.05) is 46.9 Å². The Bertz CT molecular complexity index is 1290. The van der Waals surface area contributed by atoms with Gasteiger partial charge in [-0.1, -0.05) is 12.1 Å². The van der Waals surface area contributed by atoms with Crippen molar-refractivity contribution in [1.29, 1.82) is 0 Å². The lowest BCUT2D eigenvalue weighted by atomic mass is 9.89. The summed E-state index contributed by atoms with van der Waals surface area (Å²) < 4.78 is 16.8. The molecule has 1 atom stereocenters. The average Bonchev–Trinajstić information content (AvgIpc) is 2.99. The van der Waals surface area contributed by atoms with E-state index in [0.717, 1.165) is 24.0 Å². The van der Waals surface area contributed by atoms with Gasteiger partial charge in [-0.25, -0.2) is 4.79 Å². The van der Waals surface area contributed by atoms with Crippen LogP contribution in [0.1, 0.15) is 67.9 Å². The highest BCUT2D eigenvalue weighted by Crippen LogP contribution is 2.29. The maximum atomic E-state index is 13.6. The minimum absolute atomic E-state index is 0.0190. The summed E-state index contributed by atoms with van der Waals surface area (Å²) in [6.07, 6.45) is 1.04. The first-order chi connectivity index (χ1) is 20.4. The second-order valence-electron chi connectivity index (χ2n) is 11.4. The fourth-order valence-corrected chi connectivity index (χ4v) is 4.82. The quantitative estimate of drug-likeness (QED) is 0.405. The number of ether oxygens (including phenoxy) is 3. The van der Waals surface area contributed by atoms with Crippen LogP contribution in [0.5, 0.6) is 11.5 Å². The van der Waals surface area contributed by atoms with Gasteiger partial charge in [-0.3, -0.25) is 19.3 Å². The zero-order chi connectivity index (χ0) is 31.6. The Balaban J connectivity index is 1.76. The van der Waals surface area contributed by atoms with Crippen molar-refractivity contribution in [2.45, 2.75) is 58.6 Å². The van der Waals surface area contributed by atoms with E-state index in [1.165, 1.54) is 11.9 Å². The predicted molar refractivity (Wildman–Crippen MR) is 162 cm³/mol. The van der Waals surface area contributed by atoms with Crippen LogP contribution in [-0.4, -0.2) is 86.2 Å². The van der Waals surface area contributed by atoms with Gasteiger partial charge in [-0.05, 0) is 70.4 Å². The molecule has 3 rings (SSSR count). The first-order valence-corrected chi connectivity index (χ1v) is 14.6. The van der Waals surface area contributed by atoms with E-state index in [2.05, 4.69) is 10.6 Å². The minimum Gasteiger partial charge on any atom is -0.497 e. The molecule has 0 bridgehead atoms. The van der Waals surface area contributed by atoms with E-state index >= 15 is 0 Å². The molecule has 234 valence electrons. The molecule has 2 aromatic rings. The van der Waals surface area contributed by atoms with Gasteiger partial charge in [0, 0.05) is 43.2 Å². The normalized spacial score (nSPS) is 14.8. The number of hydrogen-bond acceptors (Lipinski definition) is 7. The van der Waals surface area contributed by atoms with Crippen LogP contribution < -0.4 is 20.1 Å². The molecule has 1 heterocycles. The Hall–Kier alpha value is -4.28. The van der Waals surface area contributed by atoms with Crippen molar-refractivity contribution in [2.24, 2.45) is 0 Å². The lowest BCUT2D eigenvalue weighted by molar-refractivity contribution is -0.133. The number of carbonyl (C=O) groups excluding carboxylic acids is 4. The minimum atomic E-state index is -0.741. The number of methoxy groups -OCH3 is 1. The smallest absolute Gasteiger partial charge is 0.411 e. The lowest BCUT2D eigenvalue weighted by Crippen LogP contribution is -2.47. The summed E-state index contributed by atoms with van der Waals surface area (Å²) in [5.74, 6) is 0.395. The molecular formula is C32H44N4O7. The molecule has 11 nitrogen and oxygen atoms in total. The van der Waals surface area contributed by atoms with Crippen LogP contribution in [0, 0.1) is 0 Å². The molecule has 1 aliphatic rings. The fourth-order valence-electron chi connectivity index (χ4n) is 4.82. The largest absolute Gasteiger partial charge is 0.497 e. The Morgan fingerprint density at radius 3 is 2.53 bits per heavy atom. The highest BCUT2D eigenvalue weighted by molar-refractivity contribution is 5.96. The zero-order valence-corrected chi connectivity index (χ0v) is 26.0. The SMILES string of the molecule is CCOc1cc(OC)ccc1CN(CC(=O)N1CCC[C@H](c2cccc(C(=O)NCC(=O)NC)c2)C1)C(=O)OC(C)(C)C. The number of benzene rings is 2. The summed E-state index contributed by atoms with van der Waals surface area (Å²) in [4.78, 5) is 54.2. The van der Waals surface area contributed by atoms with E-state index in [0.29, 0.717) is 36.8 Å². The molecule has 1 fully saturated rings. The van der Waals surface area contributed by atoms with Gasteiger partial charge in [-0.2, -0.15) is 0 Å². The van der Waals surface area contributed by atoms with E-state index < -0.39 is 11.7 Å². The third-order valence-corrected chi connectivity index (χ3v) is 7.00. The van der Waals surface area contributed by atoms with Crippen molar-refractivity contribution < 1.29 is 33.4 Å². The Morgan fingerprint density at radius 1 is 1.09 bits per heavy atom. The third kappa shape index (κ3) is 9.90. The van der Waals surface area contributed by atoms with Gasteiger partial charge >= 0.3 is 6.09 Å². The number of rotatable bonds is 11. The van der Waals surface area contributed by atoms with Gasteiger partial charge < -0.3 is 29.7 Å². The van der Waals surface area contributed by atoms with Crippen molar-refractivity contribution in [1.82, 2.24) is 20.4 Å². The maximum absolute atomic E-state index is 13.6. The molecule has 2 aromatic carbocycles. The number of likely N-dealkylation sites (tertiary alicyclic amines) is 1. The number of nitrogens with one attached hydrogen (secondary N) is 2. The van der Waals surface area contributed by atoms with Crippen LogP contribution in [0.4, 0.5) is 4.79 Å². The van der Waals surface area contributed by atoms with Crippen LogP contribution in [0.25, 0.3) is 0 Å². The van der Waals surface area contributed by atoms with Crippen molar-refractivity contribution in [3.05, 3.63) is 59.2 Å². The van der Waals surface area contributed by atoms with Gasteiger partial charge in [0.15, 0.2) is 0 Å². The number of amides is 4. The van der Waals surface area contributed by atoms with E-state index in [1.54, 1.807) is 57.0 Å². The average molecular weight is 597 g/mol. The molecule has 1 saturated heterocycles. The van der Waals surface area contributed by atoms with Gasteiger partial charge in [0.2, 0.25) is 11.8 Å². The fraction of sp³-hybridized carbons (Fsp3) is 0.500. The molecule has 0 aliphatic carbocycles. The van der Waals surface area contributed by atoms with Gasteiger partial charge in [0.05, 0.1) is 26.8 Å². The highest BCUT2D eigenvalue weighted by Gasteiger charge is 2.30. The third-order valence-electron chi connectivity index (χ3n) is 7.00. The molecule has 0 saturated carbocycles. The molecule has 4 amide bonds. The van der Waals surface area contributed by atoms with Crippen molar-refractivity contribution in [3.63, 3.8) is 0 Å². The molecule has 2 N–H and O–H groups in total. The van der Waals surface area contributed by atoms with Crippen LogP contribution in [-0.2, 0) is 20.9 Å². The summed E-state index contributed by atoms with van der Waals surface area (Å²) in [6, 6.07) is 12.6. The molecule has 0 spiro atoms. The Kier molecular flexibility index (Phi) is 11.8. The van der Waals surface area contributed by atoms with Gasteiger partial charge in [0.25, 0.3) is 5.91 Å². The van der Waals surface area contributed by atoms with Gasteiger partial charge in [-0.15, -0.1) is 0 Å². The van der Waals surface area contributed by atoms with Crippen molar-refractivity contribution in [3.8, 4) is 11.5 Å². The number of nitrogens with zero attached hydrogens (tertiary/aromatic N) is 2. The molecule has 0 radical (unpaired) electrons. The van der Waals surface area contributed by atoms with Crippen molar-refractivity contribution >= 4 is 23.8 Å². The number of carbonyl (C=O) groups is 4. The highest BCUT2D eigenvalue weighted by atomic mass is 16.6. The maximum Gasteiger partial charge on any atom is 0.411 e. The van der Waals surface area contributed by atoms with Crippen LogP contribution >= 0.6 is 0 Å². The molecule has 0 aromatic heterocycles. The predicted octanol–water partition coefficient (Wildman–Crippen LogP) is 3.71. The number of likely N-dealkylation sites (N-methyl/N-ethyl adjacent to an activating group) is 1. The Labute approximate surface area is 253 Å². The summed E-state index contributed by atoms with van der Waals surface area (Å²) in [5, 5.41) is 5.09. The first-order valence-electron chi connectivity index (χ1n) is 14.6. The molecular weight excluding hydrogens is 552 g/mol. The van der Waals surface area contributed by atoms with Crippen LogP contribution in [0.2, 0.25) is 0 Å². The number of hydrogen-bond donors (Lipinski definition) is 2. The van der Waals surface area contributed by atoms with Crippen LogP contribution in [0.3, 0.4) is 0 Å². The molecule has 0 unspecified atom stereocenters. The van der Waals surface area contributed by atoms with E-state index in [4.69, 9.17) is 14.2 Å². The second-order valence-corrected chi connectivity index (χ2v) is 11.4. The zero-order valence-electron chi connectivity index (χ0n) is 26.0. The standard InChI is InChI=1S/C32H44N4O7/c1-7-42-27-17-26(41-6)14-13-25(27)20-36(31(40)43-32(2,3)4)21-29(38)35-15-9-12-24(19-35)22-10-8-11-23(16-22)30(39)34-18-28(37)33-5/h8,10-11,13-14,16-17,24H,7,9,12,15,18-21H2,1-6H3,(H,33,37)(H,34,39)/t24-/m0/s1. The summed E-state index contributed by atoms with van der Waals surface area (Å²) in [7, 11) is 3.08. The van der Waals surface area contributed by atoms with E-state index in [9.17, 15) is 19.2 Å². The Morgan fingerprint density at radius 2 is 1.86 bits per heavy atom. The summed E-state index contributed by atoms with van der Waals surface area (Å²) in [6.45, 7) is 8.52. The van der Waals surface area contributed by atoms with Gasteiger partial charge in [0.1, 0.15) is 23.6 Å². The summed E-state index contributed by atoms with van der Waals surface area (Å²) >= 11 is 0. The molecule has 1 aliphatic heterocycles. The summed E-state index contributed by atoms with van der Waals surface area (Å²) in [5.41, 5.74) is 1.37. The van der Waals surface area contributed by atoms with E-state index in [1.807, 2.05) is 25.1 Å².